The van der Waals surface area contributed by atoms with Crippen molar-refractivity contribution in [1.29, 1.82) is 0 Å². The Morgan fingerprint density at radius 1 is 1.21 bits per heavy atom. The average molecular weight is 341 g/mol. The summed E-state index contributed by atoms with van der Waals surface area (Å²) < 4.78 is 7.21. The number of tetrazole rings is 1. The van der Waals surface area contributed by atoms with Gasteiger partial charge in [0.25, 0.3) is 0 Å². The fourth-order valence-electron chi connectivity index (χ4n) is 2.54. The SMILES string of the molecule is COc1c(C)cnc(CSc2nnnn2-c2cccc(C)c2)c1C. The molecule has 0 spiro atoms. The highest BCUT2D eigenvalue weighted by Gasteiger charge is 2.13. The lowest BCUT2D eigenvalue weighted by atomic mass is 10.1. The number of hydrogen-bond donors (Lipinski definition) is 0. The monoisotopic (exact) mass is 341 g/mol. The van der Waals surface area contributed by atoms with Gasteiger partial charge in [-0.25, -0.2) is 0 Å². The first-order valence-corrected chi connectivity index (χ1v) is 8.56. The van der Waals surface area contributed by atoms with E-state index in [9.17, 15) is 0 Å². The van der Waals surface area contributed by atoms with Crippen molar-refractivity contribution in [2.45, 2.75) is 31.7 Å². The molecule has 0 radical (unpaired) electrons. The second-order valence-electron chi connectivity index (χ2n) is 5.55. The first-order valence-electron chi connectivity index (χ1n) is 7.57. The van der Waals surface area contributed by atoms with Crippen LogP contribution >= 0.6 is 11.8 Å². The molecule has 0 saturated carbocycles. The van der Waals surface area contributed by atoms with Crippen molar-refractivity contribution < 1.29 is 4.74 Å². The molecule has 3 rings (SSSR count). The Morgan fingerprint density at radius 3 is 2.79 bits per heavy atom. The number of thioether (sulfide) groups is 1. The van der Waals surface area contributed by atoms with Gasteiger partial charge in [-0.15, -0.1) is 5.10 Å². The predicted octanol–water partition coefficient (Wildman–Crippen LogP) is 3.28. The maximum absolute atomic E-state index is 5.46. The molecule has 1 aromatic carbocycles. The molecule has 6 nitrogen and oxygen atoms in total. The number of aromatic nitrogens is 5. The third-order valence-electron chi connectivity index (χ3n) is 3.77. The fraction of sp³-hybridized carbons (Fsp3) is 0.294. The van der Waals surface area contributed by atoms with Gasteiger partial charge in [0.1, 0.15) is 5.75 Å². The van der Waals surface area contributed by atoms with E-state index >= 15 is 0 Å². The van der Waals surface area contributed by atoms with Crippen LogP contribution in [0.3, 0.4) is 0 Å². The minimum Gasteiger partial charge on any atom is -0.496 e. The van der Waals surface area contributed by atoms with Crippen LogP contribution in [0.25, 0.3) is 5.69 Å². The average Bonchev–Trinajstić information content (AvgIpc) is 3.03. The van der Waals surface area contributed by atoms with Crippen LogP contribution in [-0.4, -0.2) is 32.3 Å². The molecule has 0 fully saturated rings. The summed E-state index contributed by atoms with van der Waals surface area (Å²) >= 11 is 1.56. The Balaban J connectivity index is 1.83. The van der Waals surface area contributed by atoms with Gasteiger partial charge in [-0.3, -0.25) is 4.98 Å². The molecule has 0 saturated heterocycles. The lowest BCUT2D eigenvalue weighted by molar-refractivity contribution is 0.407. The molecule has 3 aromatic rings. The number of ether oxygens (including phenoxy) is 1. The van der Waals surface area contributed by atoms with E-state index in [4.69, 9.17) is 4.74 Å². The number of methoxy groups -OCH3 is 1. The first kappa shape index (κ1) is 16.4. The third kappa shape index (κ3) is 3.26. The Kier molecular flexibility index (Phi) is 4.80. The van der Waals surface area contributed by atoms with Crippen LogP contribution in [0.4, 0.5) is 0 Å². The number of aryl methyl sites for hydroxylation is 2. The van der Waals surface area contributed by atoms with E-state index in [1.165, 1.54) is 5.56 Å². The summed E-state index contributed by atoms with van der Waals surface area (Å²) in [6.07, 6.45) is 1.84. The molecule has 0 bridgehead atoms. The number of rotatable bonds is 5. The van der Waals surface area contributed by atoms with E-state index in [1.807, 2.05) is 45.2 Å². The molecule has 0 atom stereocenters. The molecule has 0 aliphatic rings. The standard InChI is InChI=1S/C17H19N5OS/c1-11-6-5-7-14(8-11)22-17(19-20-21-22)24-10-15-13(3)16(23-4)12(2)9-18-15/h5-9H,10H2,1-4H3. The Labute approximate surface area is 145 Å². The topological polar surface area (TPSA) is 65.7 Å². The highest BCUT2D eigenvalue weighted by atomic mass is 32.2. The number of hydrogen-bond acceptors (Lipinski definition) is 6. The molecule has 2 aromatic heterocycles. The van der Waals surface area contributed by atoms with Crippen LogP contribution < -0.4 is 4.74 Å². The van der Waals surface area contributed by atoms with Crippen molar-refractivity contribution >= 4 is 11.8 Å². The second kappa shape index (κ2) is 7.00. The highest BCUT2D eigenvalue weighted by Crippen LogP contribution is 2.28. The zero-order valence-electron chi connectivity index (χ0n) is 14.1. The minimum absolute atomic E-state index is 0.675. The molecule has 0 aliphatic carbocycles. The van der Waals surface area contributed by atoms with Gasteiger partial charge in [0, 0.05) is 23.1 Å². The van der Waals surface area contributed by atoms with E-state index < -0.39 is 0 Å². The summed E-state index contributed by atoms with van der Waals surface area (Å²) in [7, 11) is 1.69. The van der Waals surface area contributed by atoms with Crippen molar-refractivity contribution in [2.75, 3.05) is 7.11 Å². The van der Waals surface area contributed by atoms with Crippen LogP contribution in [-0.2, 0) is 5.75 Å². The smallest absolute Gasteiger partial charge is 0.214 e. The quantitative estimate of drug-likeness (QED) is 0.664. The van der Waals surface area contributed by atoms with Gasteiger partial charge in [0.15, 0.2) is 0 Å². The van der Waals surface area contributed by atoms with Gasteiger partial charge in [-0.05, 0) is 48.9 Å². The molecule has 0 unspecified atom stereocenters. The summed E-state index contributed by atoms with van der Waals surface area (Å²) in [6.45, 7) is 6.07. The summed E-state index contributed by atoms with van der Waals surface area (Å²) in [5.74, 6) is 1.56. The summed E-state index contributed by atoms with van der Waals surface area (Å²) in [6, 6.07) is 8.09. The van der Waals surface area contributed by atoms with Crippen molar-refractivity contribution in [3.63, 3.8) is 0 Å². The molecule has 0 N–H and O–H groups in total. The predicted molar refractivity (Wildman–Crippen MR) is 93.7 cm³/mol. The van der Waals surface area contributed by atoms with Crippen LogP contribution in [0.2, 0.25) is 0 Å². The zero-order valence-corrected chi connectivity index (χ0v) is 15.0. The van der Waals surface area contributed by atoms with Gasteiger partial charge >= 0.3 is 0 Å². The minimum atomic E-state index is 0.675. The molecule has 0 aliphatic heterocycles. The van der Waals surface area contributed by atoms with E-state index in [0.29, 0.717) is 5.75 Å². The maximum Gasteiger partial charge on any atom is 0.214 e. The molecule has 24 heavy (non-hydrogen) atoms. The van der Waals surface area contributed by atoms with Crippen LogP contribution in [0.15, 0.2) is 35.6 Å². The number of nitrogens with zero attached hydrogens (tertiary/aromatic N) is 5. The van der Waals surface area contributed by atoms with E-state index in [-0.39, 0.29) is 0 Å². The summed E-state index contributed by atoms with van der Waals surface area (Å²) in [5.41, 5.74) is 5.18. The van der Waals surface area contributed by atoms with Crippen molar-refractivity contribution in [1.82, 2.24) is 25.2 Å². The second-order valence-corrected chi connectivity index (χ2v) is 6.49. The first-order chi connectivity index (χ1) is 11.6. The Bertz CT molecular complexity index is 862. The van der Waals surface area contributed by atoms with Crippen LogP contribution in [0, 0.1) is 20.8 Å². The molecule has 2 heterocycles. The zero-order chi connectivity index (χ0) is 17.1. The van der Waals surface area contributed by atoms with E-state index in [2.05, 4.69) is 26.6 Å². The van der Waals surface area contributed by atoms with Crippen molar-refractivity contribution in [3.05, 3.63) is 52.8 Å². The number of benzene rings is 1. The molecule has 7 heteroatoms. The highest BCUT2D eigenvalue weighted by molar-refractivity contribution is 7.98. The fourth-order valence-corrected chi connectivity index (χ4v) is 3.46. The lowest BCUT2D eigenvalue weighted by Gasteiger charge is -2.12. The number of pyridine rings is 1. The van der Waals surface area contributed by atoms with Gasteiger partial charge in [0.05, 0.1) is 18.5 Å². The van der Waals surface area contributed by atoms with Crippen LogP contribution in [0.1, 0.15) is 22.4 Å². The lowest BCUT2D eigenvalue weighted by Crippen LogP contribution is -2.01. The third-order valence-corrected chi connectivity index (χ3v) is 4.71. The van der Waals surface area contributed by atoms with Gasteiger partial charge in [-0.1, -0.05) is 23.9 Å². The Hall–Kier alpha value is -2.41. The normalized spacial score (nSPS) is 10.8. The molecule has 0 amide bonds. The van der Waals surface area contributed by atoms with Crippen molar-refractivity contribution in [2.24, 2.45) is 0 Å². The Morgan fingerprint density at radius 2 is 2.04 bits per heavy atom. The summed E-state index contributed by atoms with van der Waals surface area (Å²) in [5, 5.41) is 12.8. The summed E-state index contributed by atoms with van der Waals surface area (Å²) in [4.78, 5) is 4.52. The van der Waals surface area contributed by atoms with Gasteiger partial charge < -0.3 is 4.74 Å². The van der Waals surface area contributed by atoms with Crippen LogP contribution in [0.5, 0.6) is 5.75 Å². The van der Waals surface area contributed by atoms with E-state index in [0.717, 1.165) is 33.4 Å². The van der Waals surface area contributed by atoms with E-state index in [1.54, 1.807) is 23.6 Å². The van der Waals surface area contributed by atoms with Crippen molar-refractivity contribution in [3.8, 4) is 11.4 Å². The largest absolute Gasteiger partial charge is 0.496 e. The van der Waals surface area contributed by atoms with Gasteiger partial charge in [0.2, 0.25) is 5.16 Å². The van der Waals surface area contributed by atoms with Gasteiger partial charge in [-0.2, -0.15) is 4.68 Å². The molecular weight excluding hydrogens is 322 g/mol. The molecular formula is C17H19N5OS. The maximum atomic E-state index is 5.46. The molecule has 124 valence electrons.